The predicted octanol–water partition coefficient (Wildman–Crippen LogP) is 4.73. The third-order valence-corrected chi connectivity index (χ3v) is 4.98. The SMILES string of the molecule is CCCOc1ccc(-c2nc3cnn(CCO)c3nc2-c2ccc(OCCC)cc2)cc1. The van der Waals surface area contributed by atoms with Gasteiger partial charge in [0, 0.05) is 11.1 Å². The molecule has 4 rings (SSSR count). The summed E-state index contributed by atoms with van der Waals surface area (Å²) >= 11 is 0. The van der Waals surface area contributed by atoms with Crippen molar-refractivity contribution in [1.29, 1.82) is 0 Å². The molecule has 0 aliphatic carbocycles. The van der Waals surface area contributed by atoms with Crippen molar-refractivity contribution in [1.82, 2.24) is 19.7 Å². The van der Waals surface area contributed by atoms with Crippen LogP contribution in [-0.4, -0.2) is 44.7 Å². The van der Waals surface area contributed by atoms with Crippen LogP contribution in [-0.2, 0) is 6.54 Å². The van der Waals surface area contributed by atoms with E-state index in [-0.39, 0.29) is 6.61 Å². The van der Waals surface area contributed by atoms with E-state index in [1.165, 1.54) is 0 Å². The molecule has 0 saturated carbocycles. The maximum absolute atomic E-state index is 9.37. The van der Waals surface area contributed by atoms with Crippen molar-refractivity contribution in [2.75, 3.05) is 19.8 Å². The van der Waals surface area contributed by atoms with Crippen molar-refractivity contribution in [2.24, 2.45) is 0 Å². The fourth-order valence-corrected chi connectivity index (χ4v) is 3.41. The molecule has 166 valence electrons. The van der Waals surface area contributed by atoms with E-state index in [0.717, 1.165) is 46.9 Å². The van der Waals surface area contributed by atoms with Crippen molar-refractivity contribution < 1.29 is 14.6 Å². The van der Waals surface area contributed by atoms with E-state index in [0.29, 0.717) is 30.9 Å². The van der Waals surface area contributed by atoms with Crippen LogP contribution in [0.2, 0.25) is 0 Å². The zero-order valence-corrected chi connectivity index (χ0v) is 18.5. The summed E-state index contributed by atoms with van der Waals surface area (Å²) in [6, 6.07) is 15.8. The Bertz CT molecular complexity index is 1150. The molecular formula is C25H28N4O3. The van der Waals surface area contributed by atoms with Crippen LogP contribution in [0.15, 0.2) is 54.7 Å². The average molecular weight is 433 g/mol. The molecule has 0 saturated heterocycles. The van der Waals surface area contributed by atoms with E-state index in [1.54, 1.807) is 10.9 Å². The van der Waals surface area contributed by atoms with Gasteiger partial charge in [-0.1, -0.05) is 13.8 Å². The topological polar surface area (TPSA) is 82.3 Å². The lowest BCUT2D eigenvalue weighted by molar-refractivity contribution is 0.271. The average Bonchev–Trinajstić information content (AvgIpc) is 3.23. The predicted molar refractivity (Wildman–Crippen MR) is 125 cm³/mol. The van der Waals surface area contributed by atoms with E-state index >= 15 is 0 Å². The zero-order valence-electron chi connectivity index (χ0n) is 18.5. The van der Waals surface area contributed by atoms with Crippen LogP contribution in [0.25, 0.3) is 33.7 Å². The van der Waals surface area contributed by atoms with Crippen LogP contribution in [0.1, 0.15) is 26.7 Å². The minimum Gasteiger partial charge on any atom is -0.494 e. The van der Waals surface area contributed by atoms with Gasteiger partial charge in [-0.2, -0.15) is 5.10 Å². The minimum absolute atomic E-state index is 0.0156. The zero-order chi connectivity index (χ0) is 22.3. The largest absolute Gasteiger partial charge is 0.494 e. The van der Waals surface area contributed by atoms with Crippen LogP contribution < -0.4 is 9.47 Å². The van der Waals surface area contributed by atoms with Gasteiger partial charge in [0.1, 0.15) is 17.0 Å². The van der Waals surface area contributed by atoms with Crippen LogP contribution in [0.5, 0.6) is 11.5 Å². The van der Waals surface area contributed by atoms with Crippen LogP contribution >= 0.6 is 0 Å². The van der Waals surface area contributed by atoms with Gasteiger partial charge in [0.2, 0.25) is 0 Å². The minimum atomic E-state index is -0.0156. The van der Waals surface area contributed by atoms with E-state index in [9.17, 15) is 5.11 Å². The first-order chi connectivity index (χ1) is 15.7. The molecule has 0 bridgehead atoms. The lowest BCUT2D eigenvalue weighted by atomic mass is 10.0. The molecule has 4 aromatic rings. The molecule has 0 unspecified atom stereocenters. The first-order valence-electron chi connectivity index (χ1n) is 11.0. The Morgan fingerprint density at radius 2 is 1.31 bits per heavy atom. The van der Waals surface area contributed by atoms with Gasteiger partial charge in [-0.25, -0.2) is 14.6 Å². The molecule has 0 radical (unpaired) electrons. The van der Waals surface area contributed by atoms with E-state index < -0.39 is 0 Å². The van der Waals surface area contributed by atoms with Crippen LogP contribution in [0.4, 0.5) is 0 Å². The molecule has 0 atom stereocenters. The van der Waals surface area contributed by atoms with E-state index in [2.05, 4.69) is 18.9 Å². The fraction of sp³-hybridized carbons (Fsp3) is 0.320. The Hall–Kier alpha value is -3.45. The summed E-state index contributed by atoms with van der Waals surface area (Å²) in [7, 11) is 0. The molecule has 2 heterocycles. The molecule has 7 nitrogen and oxygen atoms in total. The van der Waals surface area contributed by atoms with Gasteiger partial charge in [-0.05, 0) is 61.4 Å². The number of fused-ring (bicyclic) bond motifs is 1. The molecule has 32 heavy (non-hydrogen) atoms. The van der Waals surface area contributed by atoms with Crippen molar-refractivity contribution in [3.63, 3.8) is 0 Å². The van der Waals surface area contributed by atoms with Crippen LogP contribution in [0.3, 0.4) is 0 Å². The third kappa shape index (κ3) is 4.73. The standard InChI is InChI=1S/C25H28N4O3/c1-3-15-31-20-9-5-18(6-10-20)23-24(19-7-11-21(12-8-19)32-16-4-2)28-25-22(27-23)17-26-29(25)13-14-30/h5-12,17,30H,3-4,13-16H2,1-2H3. The van der Waals surface area contributed by atoms with Gasteiger partial charge >= 0.3 is 0 Å². The first kappa shape index (κ1) is 21.8. The number of aliphatic hydroxyl groups is 1. The number of hydrogen-bond acceptors (Lipinski definition) is 6. The second kappa shape index (κ2) is 10.2. The lowest BCUT2D eigenvalue weighted by Gasteiger charge is -2.12. The highest BCUT2D eigenvalue weighted by atomic mass is 16.5. The van der Waals surface area contributed by atoms with Crippen molar-refractivity contribution in [3.05, 3.63) is 54.7 Å². The second-order valence-corrected chi connectivity index (χ2v) is 7.47. The molecule has 0 fully saturated rings. The number of aliphatic hydroxyl groups excluding tert-OH is 1. The summed E-state index contributed by atoms with van der Waals surface area (Å²) in [5.41, 5.74) is 4.73. The molecule has 1 N–H and O–H groups in total. The van der Waals surface area contributed by atoms with Gasteiger partial charge < -0.3 is 14.6 Å². The number of ether oxygens (including phenoxy) is 2. The lowest BCUT2D eigenvalue weighted by Crippen LogP contribution is -2.05. The highest BCUT2D eigenvalue weighted by Gasteiger charge is 2.16. The summed E-state index contributed by atoms with van der Waals surface area (Å²) in [5, 5.41) is 13.7. The van der Waals surface area contributed by atoms with E-state index in [1.807, 2.05) is 48.5 Å². The second-order valence-electron chi connectivity index (χ2n) is 7.47. The first-order valence-corrected chi connectivity index (χ1v) is 11.0. The number of benzene rings is 2. The number of hydrogen-bond donors (Lipinski definition) is 1. The summed E-state index contributed by atoms with van der Waals surface area (Å²) in [6.07, 6.45) is 3.61. The Balaban J connectivity index is 1.78. The summed E-state index contributed by atoms with van der Waals surface area (Å²) in [4.78, 5) is 9.81. The Labute approximate surface area is 187 Å². The molecule has 2 aromatic carbocycles. The summed E-state index contributed by atoms with van der Waals surface area (Å²) in [5.74, 6) is 1.66. The molecule has 0 aliphatic heterocycles. The third-order valence-electron chi connectivity index (χ3n) is 4.98. The van der Waals surface area contributed by atoms with Gasteiger partial charge in [0.15, 0.2) is 5.65 Å². The summed E-state index contributed by atoms with van der Waals surface area (Å²) in [6.45, 7) is 5.89. The van der Waals surface area contributed by atoms with Crippen molar-refractivity contribution in [3.8, 4) is 34.0 Å². The van der Waals surface area contributed by atoms with Gasteiger partial charge in [0.05, 0.1) is 44.0 Å². The normalized spacial score (nSPS) is 11.1. The van der Waals surface area contributed by atoms with Gasteiger partial charge in [-0.3, -0.25) is 0 Å². The van der Waals surface area contributed by atoms with Gasteiger partial charge in [0.25, 0.3) is 0 Å². The summed E-state index contributed by atoms with van der Waals surface area (Å²) < 4.78 is 13.1. The quantitative estimate of drug-likeness (QED) is 0.390. The van der Waals surface area contributed by atoms with E-state index in [4.69, 9.17) is 19.4 Å². The molecule has 0 amide bonds. The monoisotopic (exact) mass is 432 g/mol. The molecule has 2 aromatic heterocycles. The molecular weight excluding hydrogens is 404 g/mol. The molecule has 7 heteroatoms. The number of rotatable bonds is 10. The Kier molecular flexibility index (Phi) is 6.97. The van der Waals surface area contributed by atoms with Crippen molar-refractivity contribution >= 4 is 11.2 Å². The molecule has 0 spiro atoms. The fourth-order valence-electron chi connectivity index (χ4n) is 3.41. The number of nitrogens with zero attached hydrogens (tertiary/aromatic N) is 4. The number of aromatic nitrogens is 4. The van der Waals surface area contributed by atoms with Gasteiger partial charge in [-0.15, -0.1) is 0 Å². The maximum Gasteiger partial charge on any atom is 0.177 e. The smallest absolute Gasteiger partial charge is 0.177 e. The Morgan fingerprint density at radius 1 is 0.781 bits per heavy atom. The van der Waals surface area contributed by atoms with Crippen molar-refractivity contribution in [2.45, 2.75) is 33.2 Å². The van der Waals surface area contributed by atoms with Crippen LogP contribution in [0, 0.1) is 0 Å². The Morgan fingerprint density at radius 3 is 1.81 bits per heavy atom. The maximum atomic E-state index is 9.37. The highest BCUT2D eigenvalue weighted by Crippen LogP contribution is 2.32. The molecule has 0 aliphatic rings. The highest BCUT2D eigenvalue weighted by molar-refractivity contribution is 5.84.